The molecule has 0 bridgehead atoms. The van der Waals surface area contributed by atoms with Crippen molar-refractivity contribution in [2.24, 2.45) is 5.10 Å². The minimum atomic E-state index is -0.346. The second kappa shape index (κ2) is 13.0. The van der Waals surface area contributed by atoms with Gasteiger partial charge in [-0.2, -0.15) is 10.4 Å². The molecule has 3 aromatic carbocycles. The Hall–Kier alpha value is -4.02. The summed E-state index contributed by atoms with van der Waals surface area (Å²) in [6.07, 6.45) is 2.39. The Kier molecular flexibility index (Phi) is 9.52. The van der Waals surface area contributed by atoms with E-state index in [0.717, 1.165) is 12.0 Å². The van der Waals surface area contributed by atoms with E-state index in [1.54, 1.807) is 48.5 Å². The monoisotopic (exact) mass is 491 g/mol. The molecule has 0 atom stereocenters. The summed E-state index contributed by atoms with van der Waals surface area (Å²) in [4.78, 5) is 12.4. The van der Waals surface area contributed by atoms with Crippen molar-refractivity contribution in [3.63, 3.8) is 0 Å². The smallest absolute Gasteiger partial charge is 0.271 e. The highest BCUT2D eigenvalue weighted by Gasteiger charge is 2.13. The molecule has 3 rings (SSSR count). The molecule has 0 fully saturated rings. The molecule has 8 heteroatoms. The van der Waals surface area contributed by atoms with E-state index in [9.17, 15) is 4.79 Å². The average molecular weight is 492 g/mol. The fourth-order valence-electron chi connectivity index (χ4n) is 3.05. The zero-order valence-electron chi connectivity index (χ0n) is 19.6. The molecule has 0 aliphatic carbocycles. The summed E-state index contributed by atoms with van der Waals surface area (Å²) in [6.45, 7) is 5.19. The van der Waals surface area contributed by atoms with Gasteiger partial charge < -0.3 is 14.2 Å². The van der Waals surface area contributed by atoms with Gasteiger partial charge in [-0.05, 0) is 73.0 Å². The highest BCUT2D eigenvalue weighted by molar-refractivity contribution is 6.32. The normalized spacial score (nSPS) is 10.6. The topological polar surface area (TPSA) is 92.9 Å². The first-order chi connectivity index (χ1) is 17.0. The lowest BCUT2D eigenvalue weighted by atomic mass is 10.1. The van der Waals surface area contributed by atoms with Crippen LogP contribution in [0.15, 0.2) is 65.8 Å². The Morgan fingerprint density at radius 3 is 2.46 bits per heavy atom. The summed E-state index contributed by atoms with van der Waals surface area (Å²) in [5, 5.41) is 13.3. The van der Waals surface area contributed by atoms with E-state index >= 15 is 0 Å². The maximum Gasteiger partial charge on any atom is 0.271 e. The van der Waals surface area contributed by atoms with Crippen molar-refractivity contribution in [1.82, 2.24) is 5.43 Å². The number of carbonyl (C=O) groups is 1. The molecular formula is C27H26ClN3O4. The number of carbonyl (C=O) groups excluding carboxylic acids is 1. The lowest BCUT2D eigenvalue weighted by Crippen LogP contribution is -2.17. The second-order valence-electron chi connectivity index (χ2n) is 7.43. The Morgan fingerprint density at radius 2 is 1.80 bits per heavy atom. The summed E-state index contributed by atoms with van der Waals surface area (Å²) < 4.78 is 17.1. The molecule has 0 aromatic heterocycles. The van der Waals surface area contributed by atoms with E-state index in [2.05, 4.69) is 16.6 Å². The summed E-state index contributed by atoms with van der Waals surface area (Å²) in [6, 6.07) is 19.5. The highest BCUT2D eigenvalue weighted by Crippen LogP contribution is 2.37. The number of halogens is 1. The Balaban J connectivity index is 1.65. The lowest BCUT2D eigenvalue weighted by Gasteiger charge is -2.14. The lowest BCUT2D eigenvalue weighted by molar-refractivity contribution is 0.0955. The molecule has 0 unspecified atom stereocenters. The molecule has 0 spiro atoms. The van der Waals surface area contributed by atoms with E-state index in [0.29, 0.717) is 52.2 Å². The minimum absolute atomic E-state index is 0.261. The van der Waals surface area contributed by atoms with Crippen molar-refractivity contribution >= 4 is 23.7 Å². The fourth-order valence-corrected chi connectivity index (χ4v) is 3.32. The van der Waals surface area contributed by atoms with Crippen LogP contribution in [0.2, 0.25) is 5.02 Å². The second-order valence-corrected chi connectivity index (χ2v) is 7.84. The SMILES string of the molecule is CCCOc1ccc(C(=O)N/N=C/c2cc(Cl)c(OCc3ccc(C#N)cc3)c(OCC)c2)cc1. The predicted octanol–water partition coefficient (Wildman–Crippen LogP) is 5.74. The number of nitrogens with one attached hydrogen (secondary N) is 1. The van der Waals surface area contributed by atoms with E-state index < -0.39 is 0 Å². The van der Waals surface area contributed by atoms with Gasteiger partial charge in [0.15, 0.2) is 11.5 Å². The van der Waals surface area contributed by atoms with Crippen molar-refractivity contribution in [3.05, 3.63) is 87.9 Å². The molecule has 0 heterocycles. The van der Waals surface area contributed by atoms with Crippen LogP contribution in [-0.2, 0) is 6.61 Å². The number of nitrogens with zero attached hydrogens (tertiary/aromatic N) is 2. The largest absolute Gasteiger partial charge is 0.494 e. The number of benzene rings is 3. The molecule has 1 N–H and O–H groups in total. The Labute approximate surface area is 209 Å². The van der Waals surface area contributed by atoms with Crippen LogP contribution in [0.1, 0.15) is 47.3 Å². The van der Waals surface area contributed by atoms with Gasteiger partial charge in [0.2, 0.25) is 0 Å². The zero-order chi connectivity index (χ0) is 25.0. The number of amides is 1. The van der Waals surface area contributed by atoms with Gasteiger partial charge in [-0.3, -0.25) is 4.79 Å². The van der Waals surface area contributed by atoms with Crippen LogP contribution in [0.5, 0.6) is 17.2 Å². The quantitative estimate of drug-likeness (QED) is 0.272. The minimum Gasteiger partial charge on any atom is -0.494 e. The molecule has 3 aromatic rings. The number of hydrogen-bond acceptors (Lipinski definition) is 6. The number of nitriles is 1. The standard InChI is InChI=1S/C27H26ClN3O4/c1-3-13-34-23-11-9-22(10-12-23)27(32)31-30-17-21-14-24(28)26(25(15-21)33-4-2)35-18-20-7-5-19(16-29)6-8-20/h5-12,14-15,17H,3-4,13,18H2,1-2H3,(H,31,32)/b30-17+. The van der Waals surface area contributed by atoms with Crippen LogP contribution >= 0.6 is 11.6 Å². The maximum atomic E-state index is 12.4. The number of rotatable bonds is 11. The van der Waals surface area contributed by atoms with E-state index in [-0.39, 0.29) is 12.5 Å². The van der Waals surface area contributed by atoms with Gasteiger partial charge >= 0.3 is 0 Å². The molecule has 0 saturated heterocycles. The Morgan fingerprint density at radius 1 is 1.06 bits per heavy atom. The van der Waals surface area contributed by atoms with Gasteiger partial charge in [0.1, 0.15) is 12.4 Å². The van der Waals surface area contributed by atoms with Crippen molar-refractivity contribution in [2.45, 2.75) is 26.9 Å². The molecule has 7 nitrogen and oxygen atoms in total. The van der Waals surface area contributed by atoms with Crippen LogP contribution in [-0.4, -0.2) is 25.3 Å². The zero-order valence-corrected chi connectivity index (χ0v) is 20.3. The van der Waals surface area contributed by atoms with E-state index in [4.69, 9.17) is 31.1 Å². The van der Waals surface area contributed by atoms with Crippen LogP contribution in [0, 0.1) is 11.3 Å². The van der Waals surface area contributed by atoms with Crippen LogP contribution in [0.3, 0.4) is 0 Å². The van der Waals surface area contributed by atoms with Gasteiger partial charge in [-0.15, -0.1) is 0 Å². The Bertz CT molecular complexity index is 1200. The molecule has 0 saturated carbocycles. The summed E-state index contributed by atoms with van der Waals surface area (Å²) in [7, 11) is 0. The first kappa shape index (κ1) is 25.6. The number of ether oxygens (including phenoxy) is 3. The van der Waals surface area contributed by atoms with E-state index in [1.807, 2.05) is 26.0 Å². The van der Waals surface area contributed by atoms with Crippen molar-refractivity contribution in [2.75, 3.05) is 13.2 Å². The van der Waals surface area contributed by atoms with Crippen LogP contribution < -0.4 is 19.6 Å². The molecule has 180 valence electrons. The van der Waals surface area contributed by atoms with E-state index in [1.165, 1.54) is 6.21 Å². The number of hydrogen-bond donors (Lipinski definition) is 1. The first-order valence-corrected chi connectivity index (χ1v) is 11.6. The van der Waals surface area contributed by atoms with Gasteiger partial charge in [-0.25, -0.2) is 5.43 Å². The molecule has 1 amide bonds. The summed E-state index contributed by atoms with van der Waals surface area (Å²) in [5.41, 5.74) is 5.07. The third-order valence-corrected chi connectivity index (χ3v) is 5.05. The maximum absolute atomic E-state index is 12.4. The molecular weight excluding hydrogens is 466 g/mol. The molecule has 0 radical (unpaired) electrons. The van der Waals surface area contributed by atoms with Gasteiger partial charge in [0, 0.05) is 5.56 Å². The average Bonchev–Trinajstić information content (AvgIpc) is 2.87. The van der Waals surface area contributed by atoms with Crippen molar-refractivity contribution in [1.29, 1.82) is 5.26 Å². The third kappa shape index (κ3) is 7.49. The molecule has 0 aliphatic rings. The summed E-state index contributed by atoms with van der Waals surface area (Å²) in [5.74, 6) is 1.24. The van der Waals surface area contributed by atoms with Gasteiger partial charge in [0.25, 0.3) is 5.91 Å². The number of hydrazone groups is 1. The van der Waals surface area contributed by atoms with Crippen LogP contribution in [0.4, 0.5) is 0 Å². The summed E-state index contributed by atoms with van der Waals surface area (Å²) >= 11 is 6.46. The van der Waals surface area contributed by atoms with Crippen LogP contribution in [0.25, 0.3) is 0 Å². The third-order valence-electron chi connectivity index (χ3n) is 4.77. The predicted molar refractivity (Wildman–Crippen MR) is 135 cm³/mol. The van der Waals surface area contributed by atoms with Crippen molar-refractivity contribution in [3.8, 4) is 23.3 Å². The molecule has 35 heavy (non-hydrogen) atoms. The fraction of sp³-hybridized carbons (Fsp3) is 0.222. The van der Waals surface area contributed by atoms with Gasteiger partial charge in [0.05, 0.1) is 36.1 Å². The highest BCUT2D eigenvalue weighted by atomic mass is 35.5. The van der Waals surface area contributed by atoms with Crippen molar-refractivity contribution < 1.29 is 19.0 Å². The first-order valence-electron chi connectivity index (χ1n) is 11.2. The van der Waals surface area contributed by atoms with Gasteiger partial charge in [-0.1, -0.05) is 30.7 Å². The molecule has 0 aliphatic heterocycles.